The molecule has 1 aliphatic rings. The van der Waals surface area contributed by atoms with Gasteiger partial charge in [0.05, 0.1) is 16.8 Å². The molecule has 1 aliphatic carbocycles. The lowest BCUT2D eigenvalue weighted by Gasteiger charge is -2.11. The van der Waals surface area contributed by atoms with E-state index in [0.717, 1.165) is 39.6 Å². The third-order valence-electron chi connectivity index (χ3n) is 7.45. The number of pyridine rings is 1. The van der Waals surface area contributed by atoms with Gasteiger partial charge in [-0.05, 0) is 60.7 Å². The van der Waals surface area contributed by atoms with E-state index in [-0.39, 0.29) is 5.56 Å². The van der Waals surface area contributed by atoms with E-state index < -0.39 is 23.0 Å². The maximum atomic E-state index is 14.3. The maximum absolute atomic E-state index is 14.3. The van der Waals surface area contributed by atoms with Crippen molar-refractivity contribution in [3.05, 3.63) is 119 Å². The summed E-state index contributed by atoms with van der Waals surface area (Å²) in [7, 11) is 0. The zero-order valence-electron chi connectivity index (χ0n) is 21.1. The summed E-state index contributed by atoms with van der Waals surface area (Å²) in [6.45, 7) is 1.86. The van der Waals surface area contributed by atoms with Gasteiger partial charge in [-0.15, -0.1) is 0 Å². The summed E-state index contributed by atoms with van der Waals surface area (Å²) in [6.07, 6.45) is 1.76. The predicted octanol–water partition coefficient (Wildman–Crippen LogP) is 7.36. The van der Waals surface area contributed by atoms with Gasteiger partial charge in [-0.1, -0.05) is 65.8 Å². The molecule has 0 amide bonds. The molecule has 0 unspecified atom stereocenters. The molecule has 0 aliphatic heterocycles. The van der Waals surface area contributed by atoms with Crippen LogP contribution in [0.15, 0.2) is 89.5 Å². The average molecular weight is 523 g/mol. The molecule has 1 N–H and O–H groups in total. The quantitative estimate of drug-likeness (QED) is 0.242. The van der Waals surface area contributed by atoms with Gasteiger partial charge in [-0.25, -0.2) is 8.78 Å². The van der Waals surface area contributed by atoms with Gasteiger partial charge in [0.1, 0.15) is 0 Å². The Kier molecular flexibility index (Phi) is 6.06. The Morgan fingerprint density at radius 3 is 2.21 bits per heavy atom. The topological polar surface area (TPSA) is 76.2 Å². The smallest absolute Gasteiger partial charge is 0.314 e. The molecule has 5 aromatic rings. The third kappa shape index (κ3) is 4.50. The number of halogens is 2. The molecule has 0 spiro atoms. The normalized spacial score (nSPS) is 13.8. The number of carboxylic acid groups (broad SMARTS) is 1. The molecule has 5 nitrogen and oxygen atoms in total. The van der Waals surface area contributed by atoms with Crippen LogP contribution in [-0.4, -0.2) is 21.2 Å². The molecule has 39 heavy (non-hydrogen) atoms. The summed E-state index contributed by atoms with van der Waals surface area (Å²) in [5, 5.41) is 13.7. The second-order valence-corrected chi connectivity index (χ2v) is 9.91. The lowest BCUT2D eigenvalue weighted by molar-refractivity contribution is -0.140. The second kappa shape index (κ2) is 9.58. The summed E-state index contributed by atoms with van der Waals surface area (Å²) in [6, 6.07) is 24.9. The van der Waals surface area contributed by atoms with Crippen LogP contribution in [0, 0.1) is 18.6 Å². The van der Waals surface area contributed by atoms with Crippen molar-refractivity contribution in [2.24, 2.45) is 0 Å². The van der Waals surface area contributed by atoms with E-state index in [1.807, 2.05) is 61.5 Å². The number of carbonyl (C=O) groups is 1. The summed E-state index contributed by atoms with van der Waals surface area (Å²) >= 11 is 0. The molecule has 194 valence electrons. The summed E-state index contributed by atoms with van der Waals surface area (Å²) in [4.78, 5) is 16.2. The van der Waals surface area contributed by atoms with Crippen LogP contribution in [0.25, 0.3) is 33.7 Å². The van der Waals surface area contributed by atoms with Gasteiger partial charge in [0.25, 0.3) is 0 Å². The van der Waals surface area contributed by atoms with Crippen LogP contribution in [0.4, 0.5) is 8.78 Å². The molecule has 6 rings (SSSR count). The number of rotatable bonds is 7. The highest BCUT2D eigenvalue weighted by atomic mass is 19.2. The summed E-state index contributed by atoms with van der Waals surface area (Å²) < 4.78 is 33.8. The van der Waals surface area contributed by atoms with Crippen LogP contribution in [0.5, 0.6) is 0 Å². The Bertz CT molecular complexity index is 1690. The van der Waals surface area contributed by atoms with Gasteiger partial charge < -0.3 is 9.63 Å². The molecule has 3 aromatic carbocycles. The van der Waals surface area contributed by atoms with E-state index in [2.05, 4.69) is 10.1 Å². The van der Waals surface area contributed by atoms with Crippen molar-refractivity contribution in [3.8, 4) is 33.7 Å². The zero-order chi connectivity index (χ0) is 27.1. The van der Waals surface area contributed by atoms with Crippen LogP contribution in [0.1, 0.15) is 35.4 Å². The van der Waals surface area contributed by atoms with E-state index in [9.17, 15) is 18.7 Å². The van der Waals surface area contributed by atoms with Crippen LogP contribution >= 0.6 is 0 Å². The van der Waals surface area contributed by atoms with Crippen molar-refractivity contribution in [1.29, 1.82) is 0 Å². The fraction of sp³-hybridized carbons (Fsp3) is 0.156. The van der Waals surface area contributed by atoms with Crippen molar-refractivity contribution in [2.75, 3.05) is 0 Å². The fourth-order valence-corrected chi connectivity index (χ4v) is 4.98. The first kappa shape index (κ1) is 24.7. The number of hydrogen-bond acceptors (Lipinski definition) is 4. The van der Waals surface area contributed by atoms with E-state index in [0.29, 0.717) is 36.4 Å². The first-order chi connectivity index (χ1) is 18.9. The van der Waals surface area contributed by atoms with E-state index in [1.165, 1.54) is 12.1 Å². The molecule has 0 bridgehead atoms. The maximum Gasteiger partial charge on any atom is 0.314 e. The number of aliphatic carboxylic acids is 1. The van der Waals surface area contributed by atoms with Gasteiger partial charge in [0.2, 0.25) is 0 Å². The number of carboxylic acids is 1. The number of hydrogen-bond donors (Lipinski definition) is 1. The van der Waals surface area contributed by atoms with Crippen LogP contribution < -0.4 is 0 Å². The molecule has 0 atom stereocenters. The molecule has 7 heteroatoms. The first-order valence-corrected chi connectivity index (χ1v) is 12.7. The molecular formula is C32H24F2N2O3. The standard InChI is InChI=1S/C32H24F2N2O3/c1-19-26(18-24-4-2-7-28(35-24)25-5-3-6-27(33)29(25)34)30(39-36-19)22-10-8-20(9-11-22)21-12-14-23(15-13-21)32(16-17-32)31(37)38/h2-15H,16-18H2,1H3,(H,37,38). The molecule has 1 saturated carbocycles. The SMILES string of the molecule is Cc1noc(-c2ccc(-c3ccc(C4(C(=O)O)CC4)cc3)cc2)c1Cc1cccc(-c2cccc(F)c2F)n1. The number of aromatic nitrogens is 2. The highest BCUT2D eigenvalue weighted by Crippen LogP contribution is 2.48. The van der Waals surface area contributed by atoms with Crippen molar-refractivity contribution in [3.63, 3.8) is 0 Å². The Hall–Kier alpha value is -4.65. The monoisotopic (exact) mass is 522 g/mol. The molecule has 2 heterocycles. The largest absolute Gasteiger partial charge is 0.481 e. The third-order valence-corrected chi connectivity index (χ3v) is 7.45. The molecule has 2 aromatic heterocycles. The molecular weight excluding hydrogens is 498 g/mol. The lowest BCUT2D eigenvalue weighted by Crippen LogP contribution is -2.19. The number of nitrogens with zero attached hydrogens (tertiary/aromatic N) is 2. The van der Waals surface area contributed by atoms with E-state index in [4.69, 9.17) is 4.52 Å². The number of aryl methyl sites for hydroxylation is 1. The van der Waals surface area contributed by atoms with E-state index >= 15 is 0 Å². The van der Waals surface area contributed by atoms with Crippen LogP contribution in [-0.2, 0) is 16.6 Å². The molecule has 0 radical (unpaired) electrons. The van der Waals surface area contributed by atoms with Crippen LogP contribution in [0.3, 0.4) is 0 Å². The lowest BCUT2D eigenvalue weighted by atomic mass is 9.93. The Balaban J connectivity index is 1.25. The van der Waals surface area contributed by atoms with Gasteiger partial charge in [-0.2, -0.15) is 0 Å². The van der Waals surface area contributed by atoms with Crippen LogP contribution in [0.2, 0.25) is 0 Å². The highest BCUT2D eigenvalue weighted by molar-refractivity contribution is 5.85. The zero-order valence-corrected chi connectivity index (χ0v) is 21.1. The Labute approximate surface area is 223 Å². The average Bonchev–Trinajstić information content (AvgIpc) is 3.70. The van der Waals surface area contributed by atoms with Crippen molar-refractivity contribution >= 4 is 5.97 Å². The van der Waals surface area contributed by atoms with Gasteiger partial charge in [-0.3, -0.25) is 9.78 Å². The van der Waals surface area contributed by atoms with Gasteiger partial charge in [0.15, 0.2) is 17.4 Å². The van der Waals surface area contributed by atoms with Crippen molar-refractivity contribution < 1.29 is 23.2 Å². The number of benzene rings is 3. The molecule has 1 fully saturated rings. The minimum Gasteiger partial charge on any atom is -0.481 e. The summed E-state index contributed by atoms with van der Waals surface area (Å²) in [5.41, 5.74) is 5.68. The second-order valence-electron chi connectivity index (χ2n) is 9.91. The first-order valence-electron chi connectivity index (χ1n) is 12.7. The minimum atomic E-state index is -0.923. The summed E-state index contributed by atoms with van der Waals surface area (Å²) in [5.74, 6) is -1.98. The Morgan fingerprint density at radius 1 is 0.897 bits per heavy atom. The van der Waals surface area contributed by atoms with Crippen molar-refractivity contribution in [1.82, 2.24) is 10.1 Å². The Morgan fingerprint density at radius 2 is 1.54 bits per heavy atom. The van der Waals surface area contributed by atoms with E-state index in [1.54, 1.807) is 12.1 Å². The predicted molar refractivity (Wildman–Crippen MR) is 143 cm³/mol. The van der Waals surface area contributed by atoms with Crippen molar-refractivity contribution in [2.45, 2.75) is 31.6 Å². The van der Waals surface area contributed by atoms with Gasteiger partial charge in [0, 0.05) is 28.8 Å². The fourth-order valence-electron chi connectivity index (χ4n) is 4.98. The van der Waals surface area contributed by atoms with Gasteiger partial charge >= 0.3 is 5.97 Å². The minimum absolute atomic E-state index is 0.109. The molecule has 0 saturated heterocycles. The highest BCUT2D eigenvalue weighted by Gasteiger charge is 2.51.